The summed E-state index contributed by atoms with van der Waals surface area (Å²) < 4.78 is 0. The highest BCUT2D eigenvalue weighted by molar-refractivity contribution is 7.14. The summed E-state index contributed by atoms with van der Waals surface area (Å²) in [4.78, 5) is 31.9. The average Bonchev–Trinajstić information content (AvgIpc) is 3.38. The molecule has 2 aromatic rings. The molecule has 0 aliphatic carbocycles. The predicted molar refractivity (Wildman–Crippen MR) is 157 cm³/mol. The summed E-state index contributed by atoms with van der Waals surface area (Å²) in [5.74, 6) is 4.80. The Morgan fingerprint density at radius 2 is 1.92 bits per heavy atom. The summed E-state index contributed by atoms with van der Waals surface area (Å²) in [5, 5.41) is 14.4. The van der Waals surface area contributed by atoms with Gasteiger partial charge in [-0.25, -0.2) is 10.0 Å². The lowest BCUT2D eigenvalue weighted by Gasteiger charge is -2.28. The van der Waals surface area contributed by atoms with Crippen molar-refractivity contribution in [1.82, 2.24) is 15.8 Å². The Morgan fingerprint density at radius 3 is 2.61 bits per heavy atom. The summed E-state index contributed by atoms with van der Waals surface area (Å²) >= 11 is 14.0. The Kier molecular flexibility index (Phi) is 11.8. The molecule has 7 nitrogen and oxygen atoms in total. The minimum absolute atomic E-state index is 0.0394. The normalized spacial score (nSPS) is 14.8. The molecule has 3 rings (SSSR count). The lowest BCUT2D eigenvalue weighted by atomic mass is 9.94. The van der Waals surface area contributed by atoms with E-state index in [1.54, 1.807) is 25.1 Å². The number of thiophene rings is 1. The molecule has 0 bridgehead atoms. The molecule has 1 aromatic heterocycles. The molecule has 1 atom stereocenters. The number of aliphatic imine (C=N–C) groups is 1. The van der Waals surface area contributed by atoms with Gasteiger partial charge in [-0.15, -0.1) is 11.3 Å². The summed E-state index contributed by atoms with van der Waals surface area (Å²) in [6, 6.07) is 8.76. The average molecular weight is 575 g/mol. The molecule has 1 aromatic carbocycles. The van der Waals surface area contributed by atoms with Crippen molar-refractivity contribution < 1.29 is 9.59 Å². The molecule has 202 valence electrons. The molecule has 1 aliphatic rings. The third-order valence-corrected chi connectivity index (χ3v) is 7.52. The van der Waals surface area contributed by atoms with Gasteiger partial charge in [0.15, 0.2) is 0 Å². The van der Waals surface area contributed by atoms with Gasteiger partial charge in [0.1, 0.15) is 5.71 Å². The fraction of sp³-hybridized carbons (Fsp3) is 0.429. The van der Waals surface area contributed by atoms with Gasteiger partial charge in [0.2, 0.25) is 5.91 Å². The van der Waals surface area contributed by atoms with Crippen molar-refractivity contribution >= 4 is 63.5 Å². The van der Waals surface area contributed by atoms with E-state index in [1.807, 2.05) is 17.1 Å². The zero-order valence-corrected chi connectivity index (χ0v) is 24.0. The number of nitrogens with zero attached hydrogens (tertiary/aromatic N) is 2. The first-order valence-electron chi connectivity index (χ1n) is 12.9. The van der Waals surface area contributed by atoms with Gasteiger partial charge in [-0.1, -0.05) is 55.3 Å². The zero-order valence-electron chi connectivity index (χ0n) is 21.7. The molecule has 38 heavy (non-hydrogen) atoms. The second kappa shape index (κ2) is 15.0. The van der Waals surface area contributed by atoms with Crippen LogP contribution < -0.4 is 10.7 Å². The number of hydrogen-bond acceptors (Lipinski definition) is 6. The Hall–Kier alpha value is -2.70. The number of piperidine rings is 1. The van der Waals surface area contributed by atoms with E-state index in [-0.39, 0.29) is 24.6 Å². The fourth-order valence-corrected chi connectivity index (χ4v) is 5.24. The standard InChI is InChI=1S/C28H33Cl2N5O2S/c1-3-5-7-10-20-12-14-24(38-20)27(33-23-13-11-19(29)17-22(23)30)21(18-32-25(36)4-2)26(31)28(37)34-35-15-8-6-9-16-35/h11-14,17,21,31H,3-6,8-9,15-16,18H2,1-2H3,(H,32,36)(H,34,37). The van der Waals surface area contributed by atoms with E-state index in [9.17, 15) is 9.59 Å². The van der Waals surface area contributed by atoms with E-state index in [0.717, 1.165) is 54.9 Å². The van der Waals surface area contributed by atoms with Crippen LogP contribution in [0.5, 0.6) is 0 Å². The van der Waals surface area contributed by atoms with Crippen LogP contribution in [-0.4, -0.2) is 47.9 Å². The van der Waals surface area contributed by atoms with Gasteiger partial charge in [0, 0.05) is 37.5 Å². The molecule has 1 unspecified atom stereocenters. The molecule has 2 heterocycles. The highest BCUT2D eigenvalue weighted by Crippen LogP contribution is 2.31. The molecule has 0 radical (unpaired) electrons. The largest absolute Gasteiger partial charge is 0.355 e. The maximum atomic E-state index is 13.2. The fourth-order valence-electron chi connectivity index (χ4n) is 3.87. The van der Waals surface area contributed by atoms with Gasteiger partial charge in [0.05, 0.1) is 32.1 Å². The van der Waals surface area contributed by atoms with Gasteiger partial charge in [-0.05, 0) is 49.6 Å². The van der Waals surface area contributed by atoms with Crippen LogP contribution in [0.25, 0.3) is 0 Å². The lowest BCUT2D eigenvalue weighted by molar-refractivity contribution is -0.121. The number of hydrazine groups is 1. The first-order chi connectivity index (χ1) is 18.3. The van der Waals surface area contributed by atoms with Crippen LogP contribution in [0, 0.1) is 23.2 Å². The molecule has 1 aliphatic heterocycles. The number of benzene rings is 1. The van der Waals surface area contributed by atoms with Crippen LogP contribution in [0.2, 0.25) is 10.0 Å². The van der Waals surface area contributed by atoms with Crippen LogP contribution in [-0.2, 0) is 9.59 Å². The molecule has 10 heteroatoms. The van der Waals surface area contributed by atoms with Crippen LogP contribution in [0.15, 0.2) is 35.3 Å². The minimum atomic E-state index is -0.822. The van der Waals surface area contributed by atoms with Crippen molar-refractivity contribution in [2.45, 2.75) is 52.4 Å². The lowest BCUT2D eigenvalue weighted by Crippen LogP contribution is -2.51. The van der Waals surface area contributed by atoms with E-state index in [1.165, 1.54) is 11.3 Å². The summed E-state index contributed by atoms with van der Waals surface area (Å²) in [6.07, 6.45) is 5.14. The van der Waals surface area contributed by atoms with Crippen LogP contribution in [0.1, 0.15) is 62.1 Å². The van der Waals surface area contributed by atoms with Crippen LogP contribution in [0.3, 0.4) is 0 Å². The smallest absolute Gasteiger partial charge is 0.279 e. The van der Waals surface area contributed by atoms with Gasteiger partial charge in [-0.2, -0.15) is 0 Å². The van der Waals surface area contributed by atoms with Crippen molar-refractivity contribution in [3.63, 3.8) is 0 Å². The number of nitrogens with one attached hydrogen (secondary N) is 3. The number of carbonyl (C=O) groups excluding carboxylic acids is 2. The van der Waals surface area contributed by atoms with Crippen molar-refractivity contribution in [3.8, 4) is 11.8 Å². The Morgan fingerprint density at radius 1 is 1.16 bits per heavy atom. The number of rotatable bonds is 10. The second-order valence-electron chi connectivity index (χ2n) is 8.92. The number of halogens is 2. The molecule has 3 N–H and O–H groups in total. The molecular formula is C28H33Cl2N5O2S. The maximum Gasteiger partial charge on any atom is 0.279 e. The molecule has 1 saturated heterocycles. The number of carbonyl (C=O) groups is 2. The molecule has 1 fully saturated rings. The summed E-state index contributed by atoms with van der Waals surface area (Å²) in [6.45, 7) is 5.34. The number of amides is 2. The topological polar surface area (TPSA) is 97.6 Å². The van der Waals surface area contributed by atoms with Crippen molar-refractivity contribution in [2.24, 2.45) is 10.9 Å². The van der Waals surface area contributed by atoms with Crippen LogP contribution in [0.4, 0.5) is 5.69 Å². The molecule has 0 saturated carbocycles. The van der Waals surface area contributed by atoms with E-state index in [4.69, 9.17) is 33.6 Å². The number of hydrogen-bond donors (Lipinski definition) is 3. The van der Waals surface area contributed by atoms with Gasteiger partial charge < -0.3 is 5.32 Å². The Balaban J connectivity index is 2.04. The first kappa shape index (κ1) is 29.9. The Bertz CT molecular complexity index is 1240. The monoisotopic (exact) mass is 573 g/mol. The SMILES string of the molecule is CCCC#Cc1ccc(C(=Nc2ccc(Cl)cc2Cl)C(CNC(=O)CC)C(=N)C(=O)NN2CCCCC2)s1. The first-order valence-corrected chi connectivity index (χ1v) is 14.4. The molecule has 2 amide bonds. The van der Waals surface area contributed by atoms with Gasteiger partial charge >= 0.3 is 0 Å². The van der Waals surface area contributed by atoms with Crippen molar-refractivity contribution in [2.75, 3.05) is 19.6 Å². The Labute approximate surface area is 238 Å². The van der Waals surface area contributed by atoms with E-state index in [0.29, 0.717) is 21.4 Å². The summed E-state index contributed by atoms with van der Waals surface area (Å²) in [5.41, 5.74) is 3.59. The van der Waals surface area contributed by atoms with E-state index in [2.05, 4.69) is 29.5 Å². The van der Waals surface area contributed by atoms with Crippen LogP contribution >= 0.6 is 34.5 Å². The zero-order chi connectivity index (χ0) is 27.5. The quantitative estimate of drug-likeness (QED) is 0.240. The second-order valence-corrected chi connectivity index (χ2v) is 10.8. The van der Waals surface area contributed by atoms with Crippen molar-refractivity contribution in [3.05, 3.63) is 50.1 Å². The third-order valence-electron chi connectivity index (χ3n) is 5.96. The van der Waals surface area contributed by atoms with Gasteiger partial charge in [-0.3, -0.25) is 20.4 Å². The van der Waals surface area contributed by atoms with E-state index < -0.39 is 11.8 Å². The predicted octanol–water partition coefficient (Wildman–Crippen LogP) is 6.01. The van der Waals surface area contributed by atoms with Crippen molar-refractivity contribution in [1.29, 1.82) is 5.41 Å². The molecular weight excluding hydrogens is 541 g/mol. The minimum Gasteiger partial charge on any atom is -0.355 e. The molecule has 0 spiro atoms. The van der Waals surface area contributed by atoms with E-state index >= 15 is 0 Å². The third kappa shape index (κ3) is 8.67. The van der Waals surface area contributed by atoms with Gasteiger partial charge in [0.25, 0.3) is 5.91 Å². The summed E-state index contributed by atoms with van der Waals surface area (Å²) in [7, 11) is 0. The highest BCUT2D eigenvalue weighted by Gasteiger charge is 2.30. The highest BCUT2D eigenvalue weighted by atomic mass is 35.5. The maximum absolute atomic E-state index is 13.2. The number of unbranched alkanes of at least 4 members (excludes halogenated alkanes) is 1.